The van der Waals surface area contributed by atoms with Crippen LogP contribution in [0.2, 0.25) is 0 Å². The molecule has 0 aliphatic carbocycles. The van der Waals surface area contributed by atoms with Gasteiger partial charge in [0.05, 0.1) is 6.61 Å². The standard InChI is InChI=1S/C12H16NO2/c1-10-5-4-6-11(9-10)12(14)13(2)7-8-15-3/h4-6,9H,1,7-8H2,2-3H3. The van der Waals surface area contributed by atoms with Crippen LogP contribution < -0.4 is 0 Å². The van der Waals surface area contributed by atoms with E-state index in [1.807, 2.05) is 12.1 Å². The Morgan fingerprint density at radius 3 is 2.87 bits per heavy atom. The lowest BCUT2D eigenvalue weighted by Crippen LogP contribution is -2.29. The molecule has 0 aliphatic rings. The van der Waals surface area contributed by atoms with E-state index < -0.39 is 0 Å². The largest absolute Gasteiger partial charge is 0.383 e. The lowest BCUT2D eigenvalue weighted by atomic mass is 10.1. The molecular weight excluding hydrogens is 190 g/mol. The van der Waals surface area contributed by atoms with Gasteiger partial charge in [0.1, 0.15) is 0 Å². The Morgan fingerprint density at radius 1 is 1.53 bits per heavy atom. The molecule has 0 atom stereocenters. The topological polar surface area (TPSA) is 29.5 Å². The first-order chi connectivity index (χ1) is 7.15. The first kappa shape index (κ1) is 11.7. The Bertz CT molecular complexity index is 336. The van der Waals surface area contributed by atoms with Crippen LogP contribution in [0.3, 0.4) is 0 Å². The van der Waals surface area contributed by atoms with E-state index in [4.69, 9.17) is 4.74 Å². The van der Waals surface area contributed by atoms with Gasteiger partial charge in [-0.1, -0.05) is 12.1 Å². The molecule has 0 bridgehead atoms. The fourth-order valence-corrected chi connectivity index (χ4v) is 1.25. The molecule has 1 rings (SSSR count). The van der Waals surface area contributed by atoms with E-state index in [0.29, 0.717) is 18.7 Å². The summed E-state index contributed by atoms with van der Waals surface area (Å²) in [5, 5.41) is 0. The van der Waals surface area contributed by atoms with Crippen LogP contribution in [0.25, 0.3) is 0 Å². The van der Waals surface area contributed by atoms with Crippen LogP contribution >= 0.6 is 0 Å². The fraction of sp³-hybridized carbons (Fsp3) is 0.333. The Morgan fingerprint density at radius 2 is 2.27 bits per heavy atom. The minimum atomic E-state index is -0.00227. The SMILES string of the molecule is [CH2]c1cccc(C(=O)N(C)CCOC)c1. The summed E-state index contributed by atoms with van der Waals surface area (Å²) < 4.78 is 4.92. The van der Waals surface area contributed by atoms with E-state index in [0.717, 1.165) is 5.56 Å². The summed E-state index contributed by atoms with van der Waals surface area (Å²) in [5.74, 6) is -0.00227. The molecule has 1 aromatic carbocycles. The number of hydrogen-bond acceptors (Lipinski definition) is 2. The van der Waals surface area contributed by atoms with Gasteiger partial charge in [-0.25, -0.2) is 0 Å². The third kappa shape index (κ3) is 3.36. The average molecular weight is 206 g/mol. The zero-order valence-electron chi connectivity index (χ0n) is 9.19. The molecule has 81 valence electrons. The van der Waals surface area contributed by atoms with Gasteiger partial charge in [-0.2, -0.15) is 0 Å². The highest BCUT2D eigenvalue weighted by atomic mass is 16.5. The molecule has 1 radical (unpaired) electrons. The molecule has 0 aromatic heterocycles. The number of amides is 1. The monoisotopic (exact) mass is 206 g/mol. The molecule has 3 heteroatoms. The van der Waals surface area contributed by atoms with Crippen molar-refractivity contribution in [2.75, 3.05) is 27.3 Å². The number of rotatable bonds is 4. The summed E-state index contributed by atoms with van der Waals surface area (Å²) in [7, 11) is 3.38. The highest BCUT2D eigenvalue weighted by molar-refractivity contribution is 5.94. The van der Waals surface area contributed by atoms with E-state index >= 15 is 0 Å². The number of ether oxygens (including phenoxy) is 1. The van der Waals surface area contributed by atoms with Gasteiger partial charge in [-0.15, -0.1) is 0 Å². The van der Waals surface area contributed by atoms with Crippen molar-refractivity contribution in [2.24, 2.45) is 0 Å². The van der Waals surface area contributed by atoms with Crippen LogP contribution in [0.4, 0.5) is 0 Å². The number of carbonyl (C=O) groups excluding carboxylic acids is 1. The molecule has 0 saturated carbocycles. The maximum absolute atomic E-state index is 11.8. The maximum Gasteiger partial charge on any atom is 0.253 e. The molecule has 15 heavy (non-hydrogen) atoms. The summed E-state index contributed by atoms with van der Waals surface area (Å²) in [5.41, 5.74) is 1.52. The quantitative estimate of drug-likeness (QED) is 0.748. The van der Waals surface area contributed by atoms with Crippen molar-refractivity contribution in [3.63, 3.8) is 0 Å². The van der Waals surface area contributed by atoms with E-state index in [1.165, 1.54) is 0 Å². The Hall–Kier alpha value is -1.35. The number of carbonyl (C=O) groups is 1. The first-order valence-electron chi connectivity index (χ1n) is 4.81. The van der Waals surface area contributed by atoms with E-state index in [2.05, 4.69) is 6.92 Å². The molecule has 0 unspecified atom stereocenters. The predicted octanol–water partition coefficient (Wildman–Crippen LogP) is 1.59. The molecule has 1 amide bonds. The summed E-state index contributed by atoms with van der Waals surface area (Å²) in [6.07, 6.45) is 0. The minimum Gasteiger partial charge on any atom is -0.383 e. The van der Waals surface area contributed by atoms with E-state index in [-0.39, 0.29) is 5.91 Å². The van der Waals surface area contributed by atoms with Crippen LogP contribution in [0.1, 0.15) is 15.9 Å². The Kier molecular flexibility index (Phi) is 4.31. The van der Waals surface area contributed by atoms with Crippen molar-refractivity contribution in [1.82, 2.24) is 4.90 Å². The van der Waals surface area contributed by atoms with Gasteiger partial charge in [0.2, 0.25) is 0 Å². The summed E-state index contributed by atoms with van der Waals surface area (Å²) in [6.45, 7) is 4.93. The molecule has 0 saturated heterocycles. The number of methoxy groups -OCH3 is 1. The molecule has 0 N–H and O–H groups in total. The zero-order chi connectivity index (χ0) is 11.3. The summed E-state index contributed by atoms with van der Waals surface area (Å²) in [6, 6.07) is 7.28. The normalized spacial score (nSPS) is 10.1. The van der Waals surface area contributed by atoms with Crippen LogP contribution in [0, 0.1) is 6.92 Å². The molecule has 0 heterocycles. The van der Waals surface area contributed by atoms with Gasteiger partial charge < -0.3 is 9.64 Å². The smallest absolute Gasteiger partial charge is 0.253 e. The van der Waals surface area contributed by atoms with E-state index in [1.54, 1.807) is 31.2 Å². The van der Waals surface area contributed by atoms with Crippen LogP contribution in [-0.2, 0) is 4.74 Å². The van der Waals surface area contributed by atoms with Gasteiger partial charge in [0, 0.05) is 26.3 Å². The summed E-state index contributed by atoms with van der Waals surface area (Å²) >= 11 is 0. The van der Waals surface area contributed by atoms with Gasteiger partial charge in [0.15, 0.2) is 0 Å². The van der Waals surface area contributed by atoms with Crippen molar-refractivity contribution in [3.8, 4) is 0 Å². The van der Waals surface area contributed by atoms with Gasteiger partial charge in [-0.3, -0.25) is 4.79 Å². The number of benzene rings is 1. The van der Waals surface area contributed by atoms with Crippen molar-refractivity contribution in [1.29, 1.82) is 0 Å². The second-order valence-corrected chi connectivity index (χ2v) is 3.42. The molecule has 3 nitrogen and oxygen atoms in total. The van der Waals surface area contributed by atoms with E-state index in [9.17, 15) is 4.79 Å². The average Bonchev–Trinajstić information content (AvgIpc) is 2.24. The second kappa shape index (κ2) is 5.51. The number of hydrogen-bond donors (Lipinski definition) is 0. The summed E-state index contributed by atoms with van der Waals surface area (Å²) in [4.78, 5) is 13.5. The Balaban J connectivity index is 2.67. The second-order valence-electron chi connectivity index (χ2n) is 3.42. The highest BCUT2D eigenvalue weighted by Crippen LogP contribution is 2.06. The third-order valence-corrected chi connectivity index (χ3v) is 2.15. The van der Waals surface area contributed by atoms with Gasteiger partial charge in [0.25, 0.3) is 5.91 Å². The molecule has 0 spiro atoms. The lowest BCUT2D eigenvalue weighted by molar-refractivity contribution is 0.0744. The van der Waals surface area contributed by atoms with Crippen molar-refractivity contribution in [3.05, 3.63) is 42.3 Å². The van der Waals surface area contributed by atoms with Crippen LogP contribution in [0.5, 0.6) is 0 Å². The molecule has 1 aromatic rings. The molecule has 0 aliphatic heterocycles. The fourth-order valence-electron chi connectivity index (χ4n) is 1.25. The lowest BCUT2D eigenvalue weighted by Gasteiger charge is -2.16. The molecule has 0 fully saturated rings. The van der Waals surface area contributed by atoms with Crippen LogP contribution in [-0.4, -0.2) is 38.1 Å². The van der Waals surface area contributed by atoms with Gasteiger partial charge in [-0.05, 0) is 24.6 Å². The van der Waals surface area contributed by atoms with Crippen molar-refractivity contribution in [2.45, 2.75) is 0 Å². The number of likely N-dealkylation sites (N-methyl/N-ethyl adjacent to an activating group) is 1. The number of nitrogens with zero attached hydrogens (tertiary/aromatic N) is 1. The van der Waals surface area contributed by atoms with Crippen molar-refractivity contribution >= 4 is 5.91 Å². The zero-order valence-corrected chi connectivity index (χ0v) is 9.19. The Labute approximate surface area is 90.7 Å². The maximum atomic E-state index is 11.8. The molecular formula is C12H16NO2. The van der Waals surface area contributed by atoms with Crippen LogP contribution in [0.15, 0.2) is 24.3 Å². The third-order valence-electron chi connectivity index (χ3n) is 2.15. The minimum absolute atomic E-state index is 0.00227. The first-order valence-corrected chi connectivity index (χ1v) is 4.81. The van der Waals surface area contributed by atoms with Crippen molar-refractivity contribution < 1.29 is 9.53 Å². The predicted molar refractivity (Wildman–Crippen MR) is 59.7 cm³/mol. The van der Waals surface area contributed by atoms with Gasteiger partial charge >= 0.3 is 0 Å². The highest BCUT2D eigenvalue weighted by Gasteiger charge is 2.10.